The number of hydrogen-bond acceptors (Lipinski definition) is 5. The molecule has 1 aliphatic heterocycles. The van der Waals surface area contributed by atoms with Crippen LogP contribution in [0.5, 0.6) is 0 Å². The average Bonchev–Trinajstić information content (AvgIpc) is 3.06. The van der Waals surface area contributed by atoms with Gasteiger partial charge in [0.1, 0.15) is 6.10 Å². The van der Waals surface area contributed by atoms with Gasteiger partial charge in [0.2, 0.25) is 0 Å². The molecular weight excluding hydrogens is 343 g/mol. The largest absolute Gasteiger partial charge is 1.00 e. The maximum atomic E-state index is 10.4. The molecule has 5 atom stereocenters. The van der Waals surface area contributed by atoms with Gasteiger partial charge in [-0.05, 0) is 31.8 Å². The van der Waals surface area contributed by atoms with Crippen molar-refractivity contribution in [2.75, 3.05) is 0 Å². The van der Waals surface area contributed by atoms with Gasteiger partial charge in [0.05, 0.1) is 18.0 Å². The van der Waals surface area contributed by atoms with Gasteiger partial charge < -0.3 is 24.9 Å². The molecule has 6 heteroatoms. The first-order valence-electron chi connectivity index (χ1n) is 9.61. The summed E-state index contributed by atoms with van der Waals surface area (Å²) < 4.78 is 5.92. The molecule has 5 nitrogen and oxygen atoms in total. The van der Waals surface area contributed by atoms with E-state index in [2.05, 4.69) is 6.92 Å². The summed E-state index contributed by atoms with van der Waals surface area (Å²) in [6, 6.07) is 0. The quantitative estimate of drug-likeness (QED) is 0.293. The van der Waals surface area contributed by atoms with Crippen molar-refractivity contribution in [3.63, 3.8) is 0 Å². The van der Waals surface area contributed by atoms with Crippen molar-refractivity contribution in [1.29, 1.82) is 0 Å². The van der Waals surface area contributed by atoms with E-state index in [4.69, 9.17) is 4.74 Å². The number of aliphatic hydroxyl groups is 2. The molecule has 142 valence electrons. The molecule has 0 radical (unpaired) electrons. The summed E-state index contributed by atoms with van der Waals surface area (Å²) in [4.78, 5) is 10.4. The van der Waals surface area contributed by atoms with Crippen LogP contribution >= 0.6 is 0 Å². The van der Waals surface area contributed by atoms with Crippen molar-refractivity contribution in [2.24, 2.45) is 11.8 Å². The third kappa shape index (κ3) is 7.35. The van der Waals surface area contributed by atoms with Crippen LogP contribution in [0.4, 0.5) is 0 Å². The van der Waals surface area contributed by atoms with Crippen LogP contribution in [0.2, 0.25) is 0 Å². The molecule has 1 saturated heterocycles. The van der Waals surface area contributed by atoms with Crippen molar-refractivity contribution in [3.05, 3.63) is 24.0 Å². The fourth-order valence-corrected chi connectivity index (χ4v) is 3.85. The van der Waals surface area contributed by atoms with Gasteiger partial charge in [0.15, 0.2) is 0 Å². The molecule has 0 aromatic carbocycles. The van der Waals surface area contributed by atoms with Gasteiger partial charge in [-0.1, -0.05) is 38.3 Å². The van der Waals surface area contributed by atoms with Crippen molar-refractivity contribution in [1.82, 2.24) is 0 Å². The maximum absolute atomic E-state index is 10.4. The Labute approximate surface area is 178 Å². The van der Waals surface area contributed by atoms with Gasteiger partial charge in [0, 0.05) is 30.6 Å². The van der Waals surface area contributed by atoms with E-state index in [-0.39, 0.29) is 53.9 Å². The number of hydrogen-bond donors (Lipinski definition) is 2. The predicted octanol–water partition coefficient (Wildman–Crippen LogP) is -0.922. The Bertz CT molecular complexity index is 491. The summed E-state index contributed by atoms with van der Waals surface area (Å²) in [7, 11) is 0. The van der Waals surface area contributed by atoms with Gasteiger partial charge >= 0.3 is 29.6 Å². The van der Waals surface area contributed by atoms with Crippen LogP contribution in [0.25, 0.3) is 0 Å². The molecule has 0 amide bonds. The molecule has 1 saturated carbocycles. The number of fused-ring (bicyclic) bond motifs is 1. The molecule has 1 aliphatic carbocycles. The molecule has 2 N–H and O–H groups in total. The Kier molecular flexibility index (Phi) is 11.1. The minimum Gasteiger partial charge on any atom is -0.550 e. The SMILES string of the molecule is CCCCCC(O)/C=C/[C@@H]1[C@H]2C/C(=C/CCCC(=O)[O-])O[C@H]2C[C@H]1O.[Na+]. The van der Waals surface area contributed by atoms with Crippen molar-refractivity contribution < 1.29 is 54.4 Å². The number of carbonyl (C=O) groups excluding carboxylic acids is 1. The number of aliphatic hydroxyl groups excluding tert-OH is 2. The Morgan fingerprint density at radius 1 is 1.38 bits per heavy atom. The van der Waals surface area contributed by atoms with E-state index in [1.54, 1.807) is 0 Å². The third-order valence-electron chi connectivity index (χ3n) is 5.25. The molecule has 0 aromatic rings. The average molecular weight is 374 g/mol. The van der Waals surface area contributed by atoms with Crippen molar-refractivity contribution in [3.8, 4) is 0 Å². The van der Waals surface area contributed by atoms with Gasteiger partial charge in [-0.15, -0.1) is 0 Å². The van der Waals surface area contributed by atoms with Gasteiger partial charge in [-0.25, -0.2) is 0 Å². The molecule has 0 spiro atoms. The number of ether oxygens (including phenoxy) is 1. The zero-order valence-electron chi connectivity index (χ0n) is 16.1. The Balaban J connectivity index is 0.00000338. The number of carbonyl (C=O) groups is 1. The number of allylic oxidation sites excluding steroid dienone is 2. The number of aliphatic carboxylic acids is 1. The summed E-state index contributed by atoms with van der Waals surface area (Å²) in [5.41, 5.74) is 0. The third-order valence-corrected chi connectivity index (χ3v) is 5.25. The van der Waals surface area contributed by atoms with Crippen LogP contribution in [-0.2, 0) is 9.53 Å². The van der Waals surface area contributed by atoms with Crippen LogP contribution in [0.3, 0.4) is 0 Å². The summed E-state index contributed by atoms with van der Waals surface area (Å²) in [5, 5.41) is 30.7. The first kappa shape index (κ1) is 23.7. The summed E-state index contributed by atoms with van der Waals surface area (Å²) in [5.74, 6) is 0.136. The van der Waals surface area contributed by atoms with E-state index in [1.807, 2.05) is 18.2 Å². The number of rotatable bonds is 10. The zero-order chi connectivity index (χ0) is 18.2. The Morgan fingerprint density at radius 3 is 2.85 bits per heavy atom. The monoisotopic (exact) mass is 374 g/mol. The molecule has 2 aliphatic rings. The van der Waals surface area contributed by atoms with Crippen LogP contribution in [-0.4, -0.2) is 34.5 Å². The standard InChI is InChI=1S/C20H32O5.Na/c1-2-3-4-7-14(21)10-11-16-17-12-15(8-5-6-9-20(23)24)25-19(17)13-18(16)22;/h8,10-11,14,16-19,21-22H,2-7,9,12-13H2,1H3,(H,23,24);/q;+1/p-1/b11-10+,15-8-;/t14?,16-,17-,18-,19+;/m1./s1. The summed E-state index contributed by atoms with van der Waals surface area (Å²) in [6.07, 6.45) is 11.6. The van der Waals surface area contributed by atoms with E-state index in [0.717, 1.165) is 37.9 Å². The van der Waals surface area contributed by atoms with E-state index >= 15 is 0 Å². The zero-order valence-corrected chi connectivity index (χ0v) is 18.1. The van der Waals surface area contributed by atoms with Gasteiger partial charge in [0.25, 0.3) is 0 Å². The predicted molar refractivity (Wildman–Crippen MR) is 93.3 cm³/mol. The fourth-order valence-electron chi connectivity index (χ4n) is 3.85. The maximum Gasteiger partial charge on any atom is 1.00 e. The number of unbranched alkanes of at least 4 members (excludes halogenated alkanes) is 3. The normalized spacial score (nSPS) is 30.2. The first-order chi connectivity index (χ1) is 12.0. The van der Waals surface area contributed by atoms with Crippen LogP contribution < -0.4 is 34.7 Å². The molecule has 0 aromatic heterocycles. The van der Waals surface area contributed by atoms with E-state index in [1.165, 1.54) is 0 Å². The first-order valence-corrected chi connectivity index (χ1v) is 9.61. The second kappa shape index (κ2) is 12.2. The number of carboxylic acids is 1. The molecular formula is C20H31NaO5. The fraction of sp³-hybridized carbons (Fsp3) is 0.750. The topological polar surface area (TPSA) is 89.8 Å². The summed E-state index contributed by atoms with van der Waals surface area (Å²) >= 11 is 0. The van der Waals surface area contributed by atoms with E-state index in [9.17, 15) is 20.1 Å². The second-order valence-corrected chi connectivity index (χ2v) is 7.29. The molecule has 1 heterocycles. The van der Waals surface area contributed by atoms with Gasteiger partial charge in [-0.2, -0.15) is 0 Å². The smallest absolute Gasteiger partial charge is 0.550 e. The molecule has 1 unspecified atom stereocenters. The molecule has 2 rings (SSSR count). The minimum absolute atomic E-state index is 0. The molecule has 26 heavy (non-hydrogen) atoms. The van der Waals surface area contributed by atoms with Crippen molar-refractivity contribution >= 4 is 5.97 Å². The second-order valence-electron chi connectivity index (χ2n) is 7.29. The Hall–Kier alpha value is -0.330. The van der Waals surface area contributed by atoms with Gasteiger partial charge in [-0.3, -0.25) is 0 Å². The molecule has 2 fully saturated rings. The van der Waals surface area contributed by atoms with Crippen LogP contribution in [0.1, 0.15) is 64.7 Å². The van der Waals surface area contributed by atoms with Crippen LogP contribution in [0, 0.1) is 11.8 Å². The number of carboxylic acid groups (broad SMARTS) is 1. The molecule has 0 bridgehead atoms. The minimum atomic E-state index is -1.02. The van der Waals surface area contributed by atoms with Crippen LogP contribution in [0.15, 0.2) is 24.0 Å². The summed E-state index contributed by atoms with van der Waals surface area (Å²) in [6.45, 7) is 2.14. The van der Waals surface area contributed by atoms with E-state index < -0.39 is 18.2 Å². The van der Waals surface area contributed by atoms with Crippen molar-refractivity contribution in [2.45, 2.75) is 83.0 Å². The van der Waals surface area contributed by atoms with E-state index in [0.29, 0.717) is 19.3 Å². The Morgan fingerprint density at radius 2 is 2.15 bits per heavy atom.